The van der Waals surface area contributed by atoms with Crippen LogP contribution in [0.15, 0.2) is 10.9 Å². The van der Waals surface area contributed by atoms with Gasteiger partial charge in [-0.05, 0) is 40.2 Å². The quantitative estimate of drug-likeness (QED) is 0.741. The Morgan fingerprint density at radius 2 is 2.12 bits per heavy atom. The van der Waals surface area contributed by atoms with Crippen LogP contribution in [0.3, 0.4) is 0 Å². The number of fused-ring (bicyclic) bond motifs is 1. The van der Waals surface area contributed by atoms with Gasteiger partial charge in [-0.15, -0.1) is 24.8 Å². The summed E-state index contributed by atoms with van der Waals surface area (Å²) in [6.45, 7) is 7.91. The van der Waals surface area contributed by atoms with Crippen molar-refractivity contribution in [2.75, 3.05) is 13.1 Å². The molecule has 0 radical (unpaired) electrons. The Kier molecular flexibility index (Phi) is 7.05. The Bertz CT molecular complexity index is 809. The van der Waals surface area contributed by atoms with Crippen molar-refractivity contribution in [3.63, 3.8) is 0 Å². The molecule has 3 rings (SSSR count). The molecule has 1 fully saturated rings. The second-order valence-electron chi connectivity index (χ2n) is 6.60. The van der Waals surface area contributed by atoms with Crippen LogP contribution < -0.4 is 16.2 Å². The van der Waals surface area contributed by atoms with Gasteiger partial charge < -0.3 is 10.6 Å². The van der Waals surface area contributed by atoms with Crippen molar-refractivity contribution in [3.8, 4) is 0 Å². The molecule has 0 aromatic carbocycles. The molecule has 1 unspecified atom stereocenters. The molecule has 25 heavy (non-hydrogen) atoms. The second-order valence-corrected chi connectivity index (χ2v) is 6.60. The van der Waals surface area contributed by atoms with Crippen LogP contribution in [-0.2, 0) is 11.3 Å². The van der Waals surface area contributed by atoms with E-state index in [1.807, 2.05) is 20.8 Å². The summed E-state index contributed by atoms with van der Waals surface area (Å²) in [7, 11) is 0. The zero-order chi connectivity index (χ0) is 16.6. The molecular weight excluding hydrogens is 365 g/mol. The first-order chi connectivity index (χ1) is 10.9. The van der Waals surface area contributed by atoms with Crippen molar-refractivity contribution >= 4 is 36.4 Å². The fraction of sp³-hybridized carbons (Fsp3) is 0.562. The van der Waals surface area contributed by atoms with Gasteiger partial charge in [0, 0.05) is 36.1 Å². The van der Waals surface area contributed by atoms with Gasteiger partial charge in [-0.3, -0.25) is 14.7 Å². The molecule has 0 aliphatic carbocycles. The number of H-pyrrole nitrogens is 1. The molecule has 0 spiro atoms. The monoisotopic (exact) mass is 389 g/mol. The standard InChI is InChI=1S/C16H23N5O2.2ClH/c1-10-12(11(2)21-13(19-10)7-14(22)20-21)8-18-15(23)16(3)5-4-6-17-9-16;;/h7,17H,4-6,8-9H2,1-3H3,(H,18,23)(H,20,22);2*1H. The van der Waals surface area contributed by atoms with Crippen LogP contribution in [0.25, 0.3) is 5.65 Å². The predicted octanol–water partition coefficient (Wildman–Crippen LogP) is 1.49. The number of amides is 1. The lowest BCUT2D eigenvalue weighted by Crippen LogP contribution is -2.48. The van der Waals surface area contributed by atoms with Gasteiger partial charge in [0.05, 0.1) is 5.41 Å². The van der Waals surface area contributed by atoms with Gasteiger partial charge in [0.2, 0.25) is 5.91 Å². The van der Waals surface area contributed by atoms with Crippen molar-refractivity contribution in [3.05, 3.63) is 33.4 Å². The normalized spacial score (nSPS) is 19.8. The third kappa shape index (κ3) is 4.16. The summed E-state index contributed by atoms with van der Waals surface area (Å²) in [5, 5.41) is 9.05. The summed E-state index contributed by atoms with van der Waals surface area (Å²) < 4.78 is 1.67. The third-order valence-corrected chi connectivity index (χ3v) is 4.77. The second kappa shape index (κ2) is 8.21. The molecule has 1 amide bonds. The summed E-state index contributed by atoms with van der Waals surface area (Å²) in [6, 6.07) is 1.47. The van der Waals surface area contributed by atoms with E-state index in [1.54, 1.807) is 4.52 Å². The zero-order valence-electron chi connectivity index (χ0n) is 14.6. The predicted molar refractivity (Wildman–Crippen MR) is 102 cm³/mol. The van der Waals surface area contributed by atoms with Crippen LogP contribution in [0, 0.1) is 19.3 Å². The van der Waals surface area contributed by atoms with Crippen molar-refractivity contribution in [1.82, 2.24) is 25.2 Å². The SMILES string of the molecule is Cc1nc2cc(=O)[nH]n2c(C)c1CNC(=O)C1(C)CCCNC1.Cl.Cl. The number of carbonyl (C=O) groups is 1. The number of aryl methyl sites for hydroxylation is 2. The fourth-order valence-electron chi connectivity index (χ4n) is 3.24. The van der Waals surface area contributed by atoms with Crippen molar-refractivity contribution in [1.29, 1.82) is 0 Å². The maximum atomic E-state index is 12.5. The minimum atomic E-state index is -0.362. The molecule has 9 heteroatoms. The minimum absolute atomic E-state index is 0. The number of hydrogen-bond acceptors (Lipinski definition) is 4. The van der Waals surface area contributed by atoms with E-state index in [0.29, 0.717) is 18.7 Å². The van der Waals surface area contributed by atoms with Gasteiger partial charge in [-0.25, -0.2) is 9.50 Å². The van der Waals surface area contributed by atoms with E-state index in [4.69, 9.17) is 0 Å². The lowest BCUT2D eigenvalue weighted by Gasteiger charge is -2.32. The molecule has 140 valence electrons. The highest BCUT2D eigenvalue weighted by molar-refractivity contribution is 5.85. The smallest absolute Gasteiger partial charge is 0.266 e. The number of hydrogen-bond donors (Lipinski definition) is 3. The number of aromatic amines is 1. The number of aromatic nitrogens is 3. The van der Waals surface area contributed by atoms with Crippen molar-refractivity contribution < 1.29 is 4.79 Å². The number of piperidine rings is 1. The summed E-state index contributed by atoms with van der Waals surface area (Å²) in [5.74, 6) is 0.0598. The Hall–Kier alpha value is -1.57. The molecule has 1 aliphatic heterocycles. The molecule has 1 atom stereocenters. The largest absolute Gasteiger partial charge is 0.351 e. The summed E-state index contributed by atoms with van der Waals surface area (Å²) in [6.07, 6.45) is 1.91. The van der Waals surface area contributed by atoms with Crippen LogP contribution in [0.1, 0.15) is 36.7 Å². The molecule has 2 aromatic rings. The van der Waals surface area contributed by atoms with Crippen LogP contribution in [-0.4, -0.2) is 33.6 Å². The number of rotatable bonds is 3. The molecular formula is C16H25Cl2N5O2. The maximum absolute atomic E-state index is 12.5. The molecule has 1 saturated heterocycles. The summed E-state index contributed by atoms with van der Waals surface area (Å²) in [5.41, 5.74) is 2.71. The average Bonchev–Trinajstić information content (AvgIpc) is 2.88. The van der Waals surface area contributed by atoms with Crippen LogP contribution in [0.2, 0.25) is 0 Å². The van der Waals surface area contributed by atoms with E-state index in [9.17, 15) is 9.59 Å². The van der Waals surface area contributed by atoms with Gasteiger partial charge >= 0.3 is 0 Å². The van der Waals surface area contributed by atoms with Crippen molar-refractivity contribution in [2.24, 2.45) is 5.41 Å². The van der Waals surface area contributed by atoms with Crippen LogP contribution in [0.5, 0.6) is 0 Å². The van der Waals surface area contributed by atoms with E-state index >= 15 is 0 Å². The van der Waals surface area contributed by atoms with E-state index in [-0.39, 0.29) is 41.7 Å². The number of nitrogens with one attached hydrogen (secondary N) is 3. The Balaban J connectivity index is 0.00000156. The topological polar surface area (TPSA) is 91.3 Å². The highest BCUT2D eigenvalue weighted by atomic mass is 35.5. The summed E-state index contributed by atoms with van der Waals surface area (Å²) in [4.78, 5) is 28.5. The fourth-order valence-corrected chi connectivity index (χ4v) is 3.24. The molecule has 2 aromatic heterocycles. The Morgan fingerprint density at radius 3 is 2.76 bits per heavy atom. The lowest BCUT2D eigenvalue weighted by atomic mass is 9.82. The van der Waals surface area contributed by atoms with Crippen LogP contribution >= 0.6 is 24.8 Å². The number of halogens is 2. The van der Waals surface area contributed by atoms with Gasteiger partial charge in [-0.2, -0.15) is 0 Å². The molecule has 3 N–H and O–H groups in total. The molecule has 7 nitrogen and oxygen atoms in total. The molecule has 1 aliphatic rings. The van der Waals surface area contributed by atoms with Crippen molar-refractivity contribution in [2.45, 2.75) is 40.2 Å². The number of carbonyl (C=O) groups excluding carboxylic acids is 1. The van der Waals surface area contributed by atoms with Gasteiger partial charge in [0.25, 0.3) is 5.56 Å². The van der Waals surface area contributed by atoms with E-state index < -0.39 is 0 Å². The van der Waals surface area contributed by atoms with E-state index in [0.717, 1.165) is 36.3 Å². The first-order valence-corrected chi connectivity index (χ1v) is 7.97. The van der Waals surface area contributed by atoms with Gasteiger partial charge in [0.1, 0.15) is 0 Å². The first kappa shape index (κ1) is 21.5. The lowest BCUT2D eigenvalue weighted by molar-refractivity contribution is -0.131. The third-order valence-electron chi connectivity index (χ3n) is 4.77. The maximum Gasteiger partial charge on any atom is 0.266 e. The van der Waals surface area contributed by atoms with E-state index in [2.05, 4.69) is 20.7 Å². The first-order valence-electron chi connectivity index (χ1n) is 7.97. The Morgan fingerprint density at radius 1 is 1.40 bits per heavy atom. The highest BCUT2D eigenvalue weighted by Gasteiger charge is 2.34. The summed E-state index contributed by atoms with van der Waals surface area (Å²) >= 11 is 0. The Labute approximate surface area is 158 Å². The van der Waals surface area contributed by atoms with E-state index in [1.165, 1.54) is 6.07 Å². The molecule has 0 saturated carbocycles. The molecule has 3 heterocycles. The van der Waals surface area contributed by atoms with Crippen LogP contribution in [0.4, 0.5) is 0 Å². The van der Waals surface area contributed by atoms with Gasteiger partial charge in [-0.1, -0.05) is 0 Å². The number of nitrogens with zero attached hydrogens (tertiary/aromatic N) is 2. The van der Waals surface area contributed by atoms with Gasteiger partial charge in [0.15, 0.2) is 5.65 Å². The minimum Gasteiger partial charge on any atom is -0.351 e. The zero-order valence-corrected chi connectivity index (χ0v) is 16.3. The average molecular weight is 390 g/mol. The molecule has 0 bridgehead atoms. The highest BCUT2D eigenvalue weighted by Crippen LogP contribution is 2.25.